The predicted molar refractivity (Wildman–Crippen MR) is 63.6 cm³/mol. The van der Waals surface area contributed by atoms with Gasteiger partial charge in [0.05, 0.1) is 18.6 Å². The van der Waals surface area contributed by atoms with Gasteiger partial charge in [0, 0.05) is 12.4 Å². The van der Waals surface area contributed by atoms with Gasteiger partial charge in [-0.3, -0.25) is 0 Å². The van der Waals surface area contributed by atoms with Crippen molar-refractivity contribution in [2.24, 2.45) is 0 Å². The molecule has 6 heteroatoms. The lowest BCUT2D eigenvalue weighted by molar-refractivity contribution is 0.937. The Labute approximate surface area is 97.7 Å². The molecule has 6 nitrogen and oxygen atoms in total. The van der Waals surface area contributed by atoms with Gasteiger partial charge in [-0.25, -0.2) is 9.50 Å². The van der Waals surface area contributed by atoms with Crippen LogP contribution >= 0.6 is 0 Å². The highest BCUT2D eigenvalue weighted by Crippen LogP contribution is 2.07. The lowest BCUT2D eigenvalue weighted by Gasteiger charge is -1.96. The zero-order valence-electron chi connectivity index (χ0n) is 9.38. The van der Waals surface area contributed by atoms with Crippen molar-refractivity contribution in [3.05, 3.63) is 42.1 Å². The van der Waals surface area contributed by atoms with Crippen LogP contribution in [0.1, 0.15) is 11.3 Å². The van der Waals surface area contributed by atoms with Gasteiger partial charge in [-0.15, -0.1) is 5.10 Å². The van der Waals surface area contributed by atoms with Gasteiger partial charge in [-0.2, -0.15) is 4.98 Å². The van der Waals surface area contributed by atoms with Crippen molar-refractivity contribution in [2.45, 2.75) is 13.5 Å². The number of fused-ring (bicyclic) bond motifs is 1. The number of hydrogen-bond acceptors (Lipinski definition) is 4. The van der Waals surface area contributed by atoms with E-state index < -0.39 is 0 Å². The van der Waals surface area contributed by atoms with Crippen molar-refractivity contribution in [3.8, 4) is 0 Å². The van der Waals surface area contributed by atoms with E-state index in [9.17, 15) is 0 Å². The molecule has 3 heterocycles. The van der Waals surface area contributed by atoms with Crippen LogP contribution in [0.15, 0.2) is 30.9 Å². The molecule has 2 N–H and O–H groups in total. The fraction of sp³-hybridized carbons (Fsp3) is 0.182. The molecule has 0 spiro atoms. The van der Waals surface area contributed by atoms with Crippen molar-refractivity contribution in [2.75, 3.05) is 5.32 Å². The highest BCUT2D eigenvalue weighted by Gasteiger charge is 2.03. The van der Waals surface area contributed by atoms with E-state index in [4.69, 9.17) is 0 Å². The van der Waals surface area contributed by atoms with Crippen LogP contribution in [-0.2, 0) is 6.54 Å². The van der Waals surface area contributed by atoms with E-state index in [2.05, 4.69) is 25.4 Å². The Morgan fingerprint density at radius 2 is 2.35 bits per heavy atom. The number of aromatic amines is 1. The summed E-state index contributed by atoms with van der Waals surface area (Å²) in [6.07, 6.45) is 5.37. The van der Waals surface area contributed by atoms with Crippen LogP contribution in [0.4, 0.5) is 5.95 Å². The maximum atomic E-state index is 4.36. The molecule has 0 radical (unpaired) electrons. The van der Waals surface area contributed by atoms with E-state index in [0.717, 1.165) is 16.9 Å². The van der Waals surface area contributed by atoms with Gasteiger partial charge < -0.3 is 10.3 Å². The Hall–Kier alpha value is -2.37. The van der Waals surface area contributed by atoms with Crippen LogP contribution < -0.4 is 5.32 Å². The number of aromatic nitrogens is 5. The molecule has 3 aromatic rings. The van der Waals surface area contributed by atoms with Gasteiger partial charge in [-0.05, 0) is 18.6 Å². The molecule has 0 saturated heterocycles. The fourth-order valence-electron chi connectivity index (χ4n) is 1.62. The number of aryl methyl sites for hydroxylation is 1. The molecule has 0 aromatic carbocycles. The molecular formula is C11H12N6. The topological polar surface area (TPSA) is 70.9 Å². The summed E-state index contributed by atoms with van der Waals surface area (Å²) in [5, 5.41) is 7.47. The summed E-state index contributed by atoms with van der Waals surface area (Å²) in [4.78, 5) is 11.3. The van der Waals surface area contributed by atoms with Crippen LogP contribution in [-0.4, -0.2) is 24.6 Å². The van der Waals surface area contributed by atoms with E-state index in [1.807, 2.05) is 25.3 Å². The summed E-state index contributed by atoms with van der Waals surface area (Å²) < 4.78 is 1.77. The van der Waals surface area contributed by atoms with Crippen molar-refractivity contribution in [1.82, 2.24) is 24.6 Å². The monoisotopic (exact) mass is 228 g/mol. The lowest BCUT2D eigenvalue weighted by Crippen LogP contribution is -2.01. The molecule has 0 saturated carbocycles. The molecule has 0 aliphatic rings. The highest BCUT2D eigenvalue weighted by atomic mass is 15.3. The summed E-state index contributed by atoms with van der Waals surface area (Å²) in [5.74, 6) is 0.616. The second-order valence-electron chi connectivity index (χ2n) is 3.88. The minimum Gasteiger partial charge on any atom is -0.347 e. The third kappa shape index (κ3) is 1.96. The number of nitrogens with one attached hydrogen (secondary N) is 2. The summed E-state index contributed by atoms with van der Waals surface area (Å²) >= 11 is 0. The number of nitrogens with zero attached hydrogens (tertiary/aromatic N) is 4. The first-order valence-electron chi connectivity index (χ1n) is 5.35. The first kappa shape index (κ1) is 9.83. The number of pyridine rings is 1. The Morgan fingerprint density at radius 3 is 3.18 bits per heavy atom. The third-order valence-corrected chi connectivity index (χ3v) is 2.47. The maximum Gasteiger partial charge on any atom is 0.243 e. The maximum absolute atomic E-state index is 4.36. The van der Waals surface area contributed by atoms with E-state index in [0.29, 0.717) is 12.5 Å². The van der Waals surface area contributed by atoms with Crippen molar-refractivity contribution < 1.29 is 0 Å². The van der Waals surface area contributed by atoms with Crippen LogP contribution in [0.2, 0.25) is 0 Å². The SMILES string of the molecule is Cc1ccc2nc(NCc3cnc[nH]3)nn2c1. The van der Waals surface area contributed by atoms with E-state index in [1.54, 1.807) is 17.0 Å². The smallest absolute Gasteiger partial charge is 0.243 e. The van der Waals surface area contributed by atoms with Crippen LogP contribution in [0, 0.1) is 6.92 Å². The molecule has 0 atom stereocenters. The average Bonchev–Trinajstić information content (AvgIpc) is 2.94. The summed E-state index contributed by atoms with van der Waals surface area (Å²) in [6.45, 7) is 2.66. The second kappa shape index (κ2) is 3.89. The van der Waals surface area contributed by atoms with Gasteiger partial charge >= 0.3 is 0 Å². The summed E-state index contributed by atoms with van der Waals surface area (Å²) in [6, 6.07) is 3.96. The summed E-state index contributed by atoms with van der Waals surface area (Å²) in [7, 11) is 0. The number of rotatable bonds is 3. The first-order valence-corrected chi connectivity index (χ1v) is 5.35. The zero-order chi connectivity index (χ0) is 11.7. The number of imidazole rings is 1. The van der Waals surface area contributed by atoms with E-state index >= 15 is 0 Å². The normalized spacial score (nSPS) is 10.9. The first-order chi connectivity index (χ1) is 8.31. The van der Waals surface area contributed by atoms with Crippen LogP contribution in [0.25, 0.3) is 5.65 Å². The fourth-order valence-corrected chi connectivity index (χ4v) is 1.62. The van der Waals surface area contributed by atoms with Gasteiger partial charge in [0.2, 0.25) is 5.95 Å². The van der Waals surface area contributed by atoms with E-state index in [-0.39, 0.29) is 0 Å². The van der Waals surface area contributed by atoms with Crippen molar-refractivity contribution in [1.29, 1.82) is 0 Å². The Bertz CT molecular complexity index is 625. The predicted octanol–water partition coefficient (Wildman–Crippen LogP) is 1.37. The van der Waals surface area contributed by atoms with Gasteiger partial charge in [0.1, 0.15) is 0 Å². The second-order valence-corrected chi connectivity index (χ2v) is 3.88. The minimum absolute atomic E-state index is 0.616. The molecule has 3 aromatic heterocycles. The molecule has 17 heavy (non-hydrogen) atoms. The zero-order valence-corrected chi connectivity index (χ0v) is 9.38. The van der Waals surface area contributed by atoms with Crippen LogP contribution in [0.3, 0.4) is 0 Å². The van der Waals surface area contributed by atoms with Gasteiger partial charge in [0.15, 0.2) is 5.65 Å². The molecule has 0 aliphatic carbocycles. The molecule has 0 aliphatic heterocycles. The highest BCUT2D eigenvalue weighted by molar-refractivity contribution is 5.44. The minimum atomic E-state index is 0.616. The largest absolute Gasteiger partial charge is 0.347 e. The van der Waals surface area contributed by atoms with Crippen molar-refractivity contribution in [3.63, 3.8) is 0 Å². The standard InChI is InChI=1S/C11H12N6/c1-8-2-3-10-15-11(16-17(10)6-8)13-5-9-4-12-7-14-9/h2-4,6-7H,5H2,1H3,(H,12,14)(H,13,16). The van der Waals surface area contributed by atoms with Crippen molar-refractivity contribution >= 4 is 11.6 Å². The Kier molecular flexibility index (Phi) is 2.25. The summed E-state index contributed by atoms with van der Waals surface area (Å²) in [5.41, 5.74) is 2.99. The molecule has 86 valence electrons. The van der Waals surface area contributed by atoms with E-state index in [1.165, 1.54) is 0 Å². The molecule has 0 unspecified atom stereocenters. The lowest BCUT2D eigenvalue weighted by atomic mass is 10.3. The molecule has 0 fully saturated rings. The van der Waals surface area contributed by atoms with Gasteiger partial charge in [-0.1, -0.05) is 6.07 Å². The Morgan fingerprint density at radius 1 is 1.41 bits per heavy atom. The van der Waals surface area contributed by atoms with Crippen LogP contribution in [0.5, 0.6) is 0 Å². The van der Waals surface area contributed by atoms with Gasteiger partial charge in [0.25, 0.3) is 0 Å². The Balaban J connectivity index is 1.81. The molecule has 0 bridgehead atoms. The number of H-pyrrole nitrogens is 1. The third-order valence-electron chi connectivity index (χ3n) is 2.47. The molecule has 3 rings (SSSR count). The quantitative estimate of drug-likeness (QED) is 0.710. The number of anilines is 1. The molecule has 0 amide bonds. The average molecular weight is 228 g/mol. The number of hydrogen-bond donors (Lipinski definition) is 2. The molecular weight excluding hydrogens is 216 g/mol.